The molecule has 17 heavy (non-hydrogen) atoms. The van der Waals surface area contributed by atoms with Crippen LogP contribution >= 0.6 is 15.9 Å². The molecule has 0 saturated heterocycles. The summed E-state index contributed by atoms with van der Waals surface area (Å²) in [6.45, 7) is 2.06. The number of hydrogen-bond acceptors (Lipinski definition) is 3. The molecule has 0 radical (unpaired) electrons. The third-order valence-electron chi connectivity index (χ3n) is 3.28. The lowest BCUT2D eigenvalue weighted by atomic mass is 9.97. The zero-order chi connectivity index (χ0) is 12.6. The fraction of sp³-hybridized carbons (Fsp3) is 0.538. The molecule has 0 aliphatic heterocycles. The van der Waals surface area contributed by atoms with Crippen LogP contribution in [0, 0.1) is 0 Å². The number of rotatable bonds is 4. The SMILES string of the molecule is CCc1c(C2(O)CC2)cc(Br)c(OC)c1OC. The van der Waals surface area contributed by atoms with Gasteiger partial charge in [0.2, 0.25) is 0 Å². The van der Waals surface area contributed by atoms with E-state index in [0.29, 0.717) is 5.75 Å². The van der Waals surface area contributed by atoms with E-state index in [9.17, 15) is 5.11 Å². The molecule has 1 aliphatic rings. The first-order valence-electron chi connectivity index (χ1n) is 5.73. The Hall–Kier alpha value is -0.740. The Morgan fingerprint density at radius 3 is 2.29 bits per heavy atom. The topological polar surface area (TPSA) is 38.7 Å². The van der Waals surface area contributed by atoms with E-state index >= 15 is 0 Å². The van der Waals surface area contributed by atoms with Crippen molar-refractivity contribution in [1.29, 1.82) is 0 Å². The summed E-state index contributed by atoms with van der Waals surface area (Å²) in [6.07, 6.45) is 2.45. The highest BCUT2D eigenvalue weighted by Crippen LogP contribution is 2.51. The van der Waals surface area contributed by atoms with Crippen molar-refractivity contribution in [2.45, 2.75) is 31.8 Å². The van der Waals surface area contributed by atoms with Crippen molar-refractivity contribution in [3.05, 3.63) is 21.7 Å². The van der Waals surface area contributed by atoms with Gasteiger partial charge in [-0.1, -0.05) is 6.92 Å². The van der Waals surface area contributed by atoms with Crippen molar-refractivity contribution >= 4 is 15.9 Å². The summed E-state index contributed by atoms with van der Waals surface area (Å²) in [5.74, 6) is 1.41. The lowest BCUT2D eigenvalue weighted by molar-refractivity contribution is 0.149. The van der Waals surface area contributed by atoms with E-state index < -0.39 is 5.60 Å². The Labute approximate surface area is 110 Å². The van der Waals surface area contributed by atoms with E-state index in [1.807, 2.05) is 6.07 Å². The number of hydrogen-bond donors (Lipinski definition) is 1. The maximum atomic E-state index is 10.3. The molecule has 1 aliphatic carbocycles. The van der Waals surface area contributed by atoms with Crippen LogP contribution in [0.3, 0.4) is 0 Å². The first-order chi connectivity index (χ1) is 8.07. The van der Waals surface area contributed by atoms with Gasteiger partial charge in [-0.15, -0.1) is 0 Å². The Morgan fingerprint density at radius 2 is 1.88 bits per heavy atom. The van der Waals surface area contributed by atoms with Crippen LogP contribution in [0.25, 0.3) is 0 Å². The van der Waals surface area contributed by atoms with Crippen LogP contribution in [0.4, 0.5) is 0 Å². The van der Waals surface area contributed by atoms with Gasteiger partial charge in [-0.05, 0) is 46.8 Å². The molecule has 1 N–H and O–H groups in total. The second-order valence-electron chi connectivity index (χ2n) is 4.34. The molecule has 0 spiro atoms. The molecule has 1 aromatic carbocycles. The fourth-order valence-electron chi connectivity index (χ4n) is 2.21. The van der Waals surface area contributed by atoms with Gasteiger partial charge in [0.05, 0.1) is 24.3 Å². The Bertz CT molecular complexity index is 439. The van der Waals surface area contributed by atoms with Crippen LogP contribution in [0.1, 0.15) is 30.9 Å². The molecule has 2 rings (SSSR count). The maximum absolute atomic E-state index is 10.3. The minimum absolute atomic E-state index is 0.659. The van der Waals surface area contributed by atoms with Gasteiger partial charge in [0.25, 0.3) is 0 Å². The monoisotopic (exact) mass is 300 g/mol. The Balaban J connectivity index is 2.65. The van der Waals surface area contributed by atoms with E-state index in [4.69, 9.17) is 9.47 Å². The Morgan fingerprint density at radius 1 is 1.29 bits per heavy atom. The van der Waals surface area contributed by atoms with E-state index in [1.165, 1.54) is 0 Å². The summed E-state index contributed by atoms with van der Waals surface area (Å²) in [7, 11) is 3.25. The molecule has 4 heteroatoms. The third kappa shape index (κ3) is 2.04. The highest BCUT2D eigenvalue weighted by molar-refractivity contribution is 9.10. The van der Waals surface area contributed by atoms with Crippen molar-refractivity contribution < 1.29 is 14.6 Å². The highest BCUT2D eigenvalue weighted by atomic mass is 79.9. The van der Waals surface area contributed by atoms with Crippen LogP contribution in [-0.4, -0.2) is 19.3 Å². The van der Waals surface area contributed by atoms with E-state index in [1.54, 1.807) is 14.2 Å². The van der Waals surface area contributed by atoms with Crippen LogP contribution in [-0.2, 0) is 12.0 Å². The van der Waals surface area contributed by atoms with Crippen molar-refractivity contribution in [3.63, 3.8) is 0 Å². The Kier molecular flexibility index (Phi) is 3.36. The minimum Gasteiger partial charge on any atom is -0.493 e. The van der Waals surface area contributed by atoms with Gasteiger partial charge in [-0.3, -0.25) is 0 Å². The molecule has 0 unspecified atom stereocenters. The molecule has 0 aromatic heterocycles. The van der Waals surface area contributed by atoms with Crippen molar-refractivity contribution in [1.82, 2.24) is 0 Å². The summed E-state index contributed by atoms with van der Waals surface area (Å²) < 4.78 is 11.6. The smallest absolute Gasteiger partial charge is 0.175 e. The summed E-state index contributed by atoms with van der Waals surface area (Å²) in [6, 6.07) is 1.95. The van der Waals surface area contributed by atoms with Gasteiger partial charge in [-0.25, -0.2) is 0 Å². The lowest BCUT2D eigenvalue weighted by Gasteiger charge is -2.20. The zero-order valence-corrected chi connectivity index (χ0v) is 11.9. The predicted octanol–water partition coefficient (Wildman–Crippen LogP) is 3.01. The molecule has 1 aromatic rings. The first-order valence-corrected chi connectivity index (χ1v) is 6.53. The minimum atomic E-state index is -0.659. The first kappa shape index (κ1) is 12.7. The normalized spacial score (nSPS) is 16.8. The lowest BCUT2D eigenvalue weighted by Crippen LogP contribution is -2.10. The van der Waals surface area contributed by atoms with Crippen LogP contribution in [0.5, 0.6) is 11.5 Å². The molecule has 1 fully saturated rings. The molecule has 0 heterocycles. The molecule has 0 atom stereocenters. The van der Waals surface area contributed by atoms with Crippen molar-refractivity contribution in [3.8, 4) is 11.5 Å². The standard InChI is InChI=1S/C13H17BrO3/c1-4-8-9(13(15)5-6-13)7-10(14)12(17-3)11(8)16-2/h7,15H,4-6H2,1-3H3. The maximum Gasteiger partial charge on any atom is 0.175 e. The van der Waals surface area contributed by atoms with Crippen molar-refractivity contribution in [2.24, 2.45) is 0 Å². The molecule has 1 saturated carbocycles. The third-order valence-corrected chi connectivity index (χ3v) is 3.87. The number of benzene rings is 1. The second kappa shape index (κ2) is 4.50. The molecule has 0 bridgehead atoms. The van der Waals surface area contributed by atoms with Gasteiger partial charge < -0.3 is 14.6 Å². The predicted molar refractivity (Wildman–Crippen MR) is 69.8 cm³/mol. The number of methoxy groups -OCH3 is 2. The van der Waals surface area contributed by atoms with E-state index in [2.05, 4.69) is 22.9 Å². The number of halogens is 1. The molecule has 94 valence electrons. The van der Waals surface area contributed by atoms with Gasteiger partial charge in [0.15, 0.2) is 11.5 Å². The second-order valence-corrected chi connectivity index (χ2v) is 5.19. The summed E-state index contributed by atoms with van der Waals surface area (Å²) in [5.41, 5.74) is 1.34. The largest absolute Gasteiger partial charge is 0.493 e. The molecular weight excluding hydrogens is 284 g/mol. The van der Waals surface area contributed by atoms with Gasteiger partial charge in [0.1, 0.15) is 0 Å². The number of ether oxygens (including phenoxy) is 2. The van der Waals surface area contributed by atoms with E-state index in [0.717, 1.165) is 40.6 Å². The van der Waals surface area contributed by atoms with E-state index in [-0.39, 0.29) is 0 Å². The van der Waals surface area contributed by atoms with Crippen molar-refractivity contribution in [2.75, 3.05) is 14.2 Å². The van der Waals surface area contributed by atoms with Crippen LogP contribution in [0.2, 0.25) is 0 Å². The quantitative estimate of drug-likeness (QED) is 0.929. The zero-order valence-electron chi connectivity index (χ0n) is 10.3. The van der Waals surface area contributed by atoms with Gasteiger partial charge >= 0.3 is 0 Å². The average Bonchev–Trinajstić information content (AvgIpc) is 3.06. The number of aliphatic hydroxyl groups is 1. The molecule has 3 nitrogen and oxygen atoms in total. The van der Waals surface area contributed by atoms with Gasteiger partial charge in [-0.2, -0.15) is 0 Å². The summed E-state index contributed by atoms with van der Waals surface area (Å²) in [5, 5.41) is 10.3. The van der Waals surface area contributed by atoms with Gasteiger partial charge in [0, 0.05) is 5.56 Å². The average molecular weight is 301 g/mol. The van der Waals surface area contributed by atoms with Crippen LogP contribution < -0.4 is 9.47 Å². The molecular formula is C13H17BrO3. The fourth-order valence-corrected chi connectivity index (χ4v) is 2.78. The summed E-state index contributed by atoms with van der Waals surface area (Å²) >= 11 is 3.47. The molecule has 0 amide bonds. The highest BCUT2D eigenvalue weighted by Gasteiger charge is 2.44. The summed E-state index contributed by atoms with van der Waals surface area (Å²) in [4.78, 5) is 0. The van der Waals surface area contributed by atoms with Crippen LogP contribution in [0.15, 0.2) is 10.5 Å².